The number of rotatable bonds is 1. The molecule has 0 aromatic carbocycles. The third-order valence-corrected chi connectivity index (χ3v) is 2.22. The predicted molar refractivity (Wildman–Crippen MR) is 63.2 cm³/mol. The van der Waals surface area contributed by atoms with Crippen LogP contribution in [-0.2, 0) is 9.63 Å². The zero-order valence-electron chi connectivity index (χ0n) is 10.8. The summed E-state index contributed by atoms with van der Waals surface area (Å²) in [6.07, 6.45) is 1.12. The molecule has 6 nitrogen and oxygen atoms in total. The maximum atomic E-state index is 11.6. The number of nitrogens with one attached hydrogen (secondary N) is 1. The highest BCUT2D eigenvalue weighted by atomic mass is 16.7. The molecular formula is C12H16N2O4. The summed E-state index contributed by atoms with van der Waals surface area (Å²) < 4.78 is 0.570. The Kier molecular flexibility index (Phi) is 3.90. The minimum Gasteiger partial charge on any atom is -0.618 e. The molecule has 0 atom stereocenters. The van der Waals surface area contributed by atoms with Crippen LogP contribution in [0, 0.1) is 17.5 Å². The maximum Gasteiger partial charge on any atom is 0.337 e. The van der Waals surface area contributed by atoms with Crippen molar-refractivity contribution < 1.29 is 19.2 Å². The van der Waals surface area contributed by atoms with Gasteiger partial charge in [-0.3, -0.25) is 4.79 Å². The summed E-state index contributed by atoms with van der Waals surface area (Å²) in [5.74, 6) is -1.20. The Morgan fingerprint density at radius 1 is 1.33 bits per heavy atom. The second-order valence-corrected chi connectivity index (χ2v) is 4.96. The van der Waals surface area contributed by atoms with Crippen molar-refractivity contribution in [2.24, 2.45) is 5.41 Å². The predicted octanol–water partition coefficient (Wildman–Crippen LogP) is 0.863. The fraction of sp³-hybridized carbons (Fsp3) is 0.417. The van der Waals surface area contributed by atoms with Crippen LogP contribution in [0.5, 0.6) is 0 Å². The van der Waals surface area contributed by atoms with Crippen molar-refractivity contribution in [1.82, 2.24) is 5.48 Å². The molecule has 0 saturated carbocycles. The van der Waals surface area contributed by atoms with E-state index in [1.54, 1.807) is 27.7 Å². The maximum absolute atomic E-state index is 11.6. The SMILES string of the molecule is Cc1ccc(C(=O)NOC(=O)C(C)(C)C)c[n+]1[O-]. The van der Waals surface area contributed by atoms with Crippen LogP contribution in [0.4, 0.5) is 0 Å². The molecule has 1 aromatic heterocycles. The van der Waals surface area contributed by atoms with Crippen molar-refractivity contribution in [3.8, 4) is 0 Å². The van der Waals surface area contributed by atoms with Gasteiger partial charge in [0.15, 0.2) is 11.9 Å². The molecule has 0 aliphatic heterocycles. The summed E-state index contributed by atoms with van der Waals surface area (Å²) in [6.45, 7) is 6.62. The standard InChI is InChI=1S/C12H16N2O4/c1-8-5-6-9(7-14(8)17)10(15)13-18-11(16)12(2,3)4/h5-7H,1-4H3,(H,13,15). The Balaban J connectivity index is 2.66. The number of amides is 1. The van der Waals surface area contributed by atoms with Crippen LogP contribution in [0.25, 0.3) is 0 Å². The second kappa shape index (κ2) is 5.03. The molecule has 1 rings (SSSR count). The number of pyridine rings is 1. The molecule has 18 heavy (non-hydrogen) atoms. The minimum atomic E-state index is -0.709. The van der Waals surface area contributed by atoms with Crippen LogP contribution in [0.15, 0.2) is 18.3 Å². The van der Waals surface area contributed by atoms with Gasteiger partial charge in [-0.25, -0.2) is 4.79 Å². The van der Waals surface area contributed by atoms with Gasteiger partial charge in [0.1, 0.15) is 5.56 Å². The van der Waals surface area contributed by atoms with Crippen LogP contribution >= 0.6 is 0 Å². The number of hydrogen-bond donors (Lipinski definition) is 1. The molecule has 0 unspecified atom stereocenters. The van der Waals surface area contributed by atoms with Gasteiger partial charge in [0.25, 0.3) is 5.91 Å². The van der Waals surface area contributed by atoms with Crippen molar-refractivity contribution >= 4 is 11.9 Å². The fourth-order valence-electron chi connectivity index (χ4n) is 0.994. The van der Waals surface area contributed by atoms with Crippen LogP contribution < -0.4 is 10.2 Å². The van der Waals surface area contributed by atoms with E-state index in [2.05, 4.69) is 4.84 Å². The molecule has 1 N–H and O–H groups in total. The largest absolute Gasteiger partial charge is 0.618 e. The third-order valence-electron chi connectivity index (χ3n) is 2.22. The summed E-state index contributed by atoms with van der Waals surface area (Å²) in [5.41, 5.74) is 1.90. The Bertz CT molecular complexity index is 477. The molecule has 0 aliphatic rings. The first-order chi connectivity index (χ1) is 8.21. The quantitative estimate of drug-likeness (QED) is 0.456. The Labute approximate surface area is 105 Å². The topological polar surface area (TPSA) is 82.3 Å². The van der Waals surface area contributed by atoms with E-state index in [1.165, 1.54) is 12.1 Å². The first-order valence-corrected chi connectivity index (χ1v) is 5.43. The van der Waals surface area contributed by atoms with Gasteiger partial charge < -0.3 is 10.0 Å². The van der Waals surface area contributed by atoms with Crippen LogP contribution in [-0.4, -0.2) is 11.9 Å². The Hall–Kier alpha value is -2.11. The van der Waals surface area contributed by atoms with Crippen molar-refractivity contribution in [3.63, 3.8) is 0 Å². The molecule has 0 radical (unpaired) electrons. The molecular weight excluding hydrogens is 236 g/mol. The van der Waals surface area contributed by atoms with Crippen LogP contribution in [0.2, 0.25) is 0 Å². The molecule has 98 valence electrons. The number of hydrogen-bond acceptors (Lipinski definition) is 4. The second-order valence-electron chi connectivity index (χ2n) is 4.96. The van der Waals surface area contributed by atoms with Gasteiger partial charge in [-0.05, 0) is 26.8 Å². The van der Waals surface area contributed by atoms with Gasteiger partial charge in [-0.1, -0.05) is 0 Å². The van der Waals surface area contributed by atoms with E-state index in [0.29, 0.717) is 10.4 Å². The average molecular weight is 252 g/mol. The first kappa shape index (κ1) is 14.0. The van der Waals surface area contributed by atoms with Crippen LogP contribution in [0.3, 0.4) is 0 Å². The van der Waals surface area contributed by atoms with E-state index in [-0.39, 0.29) is 5.56 Å². The van der Waals surface area contributed by atoms with Gasteiger partial charge in [0, 0.05) is 13.0 Å². The third kappa shape index (κ3) is 3.44. The number of hydroxylamine groups is 1. The lowest BCUT2D eigenvalue weighted by Gasteiger charge is -2.15. The number of aryl methyl sites for hydroxylation is 1. The molecule has 0 bridgehead atoms. The number of nitrogens with zero attached hydrogens (tertiary/aromatic N) is 1. The summed E-state index contributed by atoms with van der Waals surface area (Å²) in [5, 5.41) is 11.3. The van der Waals surface area contributed by atoms with Gasteiger partial charge in [-0.15, -0.1) is 0 Å². The zero-order chi connectivity index (χ0) is 13.9. The Morgan fingerprint density at radius 3 is 2.44 bits per heavy atom. The van der Waals surface area contributed by atoms with E-state index in [0.717, 1.165) is 6.20 Å². The van der Waals surface area contributed by atoms with E-state index in [4.69, 9.17) is 0 Å². The molecule has 0 spiro atoms. The number of carbonyl (C=O) groups is 2. The van der Waals surface area contributed by atoms with E-state index < -0.39 is 17.3 Å². The molecule has 1 amide bonds. The highest BCUT2D eigenvalue weighted by Crippen LogP contribution is 2.14. The number of aromatic nitrogens is 1. The summed E-state index contributed by atoms with van der Waals surface area (Å²) in [4.78, 5) is 27.7. The normalized spacial score (nSPS) is 10.9. The van der Waals surface area contributed by atoms with Crippen molar-refractivity contribution in [1.29, 1.82) is 0 Å². The lowest BCUT2D eigenvalue weighted by atomic mass is 9.98. The van der Waals surface area contributed by atoms with Gasteiger partial charge in [0.05, 0.1) is 5.41 Å². The van der Waals surface area contributed by atoms with Crippen molar-refractivity contribution in [2.75, 3.05) is 0 Å². The molecule has 1 heterocycles. The van der Waals surface area contributed by atoms with Crippen molar-refractivity contribution in [2.45, 2.75) is 27.7 Å². The molecule has 0 saturated heterocycles. The average Bonchev–Trinajstić information content (AvgIpc) is 2.27. The van der Waals surface area contributed by atoms with Gasteiger partial charge in [0.2, 0.25) is 0 Å². The van der Waals surface area contributed by atoms with Gasteiger partial charge in [-0.2, -0.15) is 10.2 Å². The zero-order valence-corrected chi connectivity index (χ0v) is 10.8. The molecule has 0 fully saturated rings. The van der Waals surface area contributed by atoms with E-state index >= 15 is 0 Å². The highest BCUT2D eigenvalue weighted by Gasteiger charge is 2.24. The summed E-state index contributed by atoms with van der Waals surface area (Å²) in [7, 11) is 0. The summed E-state index contributed by atoms with van der Waals surface area (Å²) >= 11 is 0. The molecule has 1 aromatic rings. The number of carbonyl (C=O) groups excluding carboxylic acids is 2. The lowest BCUT2D eigenvalue weighted by molar-refractivity contribution is -0.612. The minimum absolute atomic E-state index is 0.123. The first-order valence-electron chi connectivity index (χ1n) is 5.43. The molecule has 6 heteroatoms. The monoisotopic (exact) mass is 252 g/mol. The molecule has 0 aliphatic carbocycles. The highest BCUT2D eigenvalue weighted by molar-refractivity contribution is 5.93. The van der Waals surface area contributed by atoms with Gasteiger partial charge >= 0.3 is 5.97 Å². The van der Waals surface area contributed by atoms with E-state index in [1.807, 2.05) is 5.48 Å². The van der Waals surface area contributed by atoms with Crippen molar-refractivity contribution in [3.05, 3.63) is 34.8 Å². The lowest BCUT2D eigenvalue weighted by Crippen LogP contribution is -2.36. The Morgan fingerprint density at radius 2 is 1.94 bits per heavy atom. The summed E-state index contributed by atoms with van der Waals surface area (Å²) in [6, 6.07) is 2.98. The van der Waals surface area contributed by atoms with Crippen LogP contribution in [0.1, 0.15) is 36.8 Å². The fourth-order valence-corrected chi connectivity index (χ4v) is 0.994. The van der Waals surface area contributed by atoms with E-state index in [9.17, 15) is 14.8 Å². The smallest absolute Gasteiger partial charge is 0.337 e.